The van der Waals surface area contributed by atoms with Gasteiger partial charge in [-0.3, -0.25) is 14.3 Å². The van der Waals surface area contributed by atoms with Gasteiger partial charge in [-0.25, -0.2) is 4.79 Å². The van der Waals surface area contributed by atoms with E-state index in [9.17, 15) is 14.7 Å². The molecule has 3 atom stereocenters. The maximum Gasteiger partial charge on any atom is 0.328 e. The van der Waals surface area contributed by atoms with Crippen LogP contribution >= 0.6 is 0 Å². The minimum absolute atomic E-state index is 0.107. The highest BCUT2D eigenvalue weighted by Gasteiger charge is 2.27. The summed E-state index contributed by atoms with van der Waals surface area (Å²) >= 11 is 0. The summed E-state index contributed by atoms with van der Waals surface area (Å²) in [5.41, 5.74) is -0.995. The Bertz CT molecular complexity index is 523. The number of aromatic nitrogens is 2. The highest BCUT2D eigenvalue weighted by atomic mass is 16.5. The Morgan fingerprint density at radius 3 is 2.89 bits per heavy atom. The molecule has 2 heterocycles. The zero-order valence-corrected chi connectivity index (χ0v) is 10.5. The lowest BCUT2D eigenvalue weighted by molar-refractivity contribution is -0.0866. The van der Waals surface area contributed by atoms with E-state index in [0.717, 1.165) is 6.42 Å². The van der Waals surface area contributed by atoms with Crippen LogP contribution in [-0.4, -0.2) is 44.7 Å². The highest BCUT2D eigenvalue weighted by molar-refractivity contribution is 4.85. The Morgan fingerprint density at radius 2 is 2.21 bits per heavy atom. The van der Waals surface area contributed by atoms with Crippen molar-refractivity contribution in [1.29, 1.82) is 0 Å². The third kappa shape index (κ3) is 3.52. The Kier molecular flexibility index (Phi) is 4.52. The average molecular weight is 270 g/mol. The summed E-state index contributed by atoms with van der Waals surface area (Å²) in [4.78, 5) is 24.7. The Hall–Kier alpha value is -1.44. The largest absolute Gasteiger partial charge is 0.394 e. The Morgan fingerprint density at radius 1 is 1.42 bits per heavy atom. The molecule has 19 heavy (non-hydrogen) atoms. The predicted molar refractivity (Wildman–Crippen MR) is 66.9 cm³/mol. The van der Waals surface area contributed by atoms with Gasteiger partial charge in [0, 0.05) is 12.3 Å². The molecule has 0 saturated carbocycles. The van der Waals surface area contributed by atoms with Gasteiger partial charge in [-0.2, -0.15) is 0 Å². The number of ether oxygens (including phenoxy) is 1. The molecule has 1 unspecified atom stereocenters. The minimum Gasteiger partial charge on any atom is -0.394 e. The van der Waals surface area contributed by atoms with Gasteiger partial charge < -0.3 is 14.9 Å². The van der Waals surface area contributed by atoms with Gasteiger partial charge in [0.1, 0.15) is 6.10 Å². The van der Waals surface area contributed by atoms with E-state index in [-0.39, 0.29) is 19.3 Å². The van der Waals surface area contributed by atoms with Crippen LogP contribution in [0.2, 0.25) is 0 Å². The summed E-state index contributed by atoms with van der Waals surface area (Å²) in [6.45, 7) is 0.0387. The molecule has 106 valence electrons. The Labute approximate surface area is 109 Å². The first-order chi connectivity index (χ1) is 9.10. The van der Waals surface area contributed by atoms with Gasteiger partial charge in [0.2, 0.25) is 0 Å². The number of rotatable bonds is 3. The van der Waals surface area contributed by atoms with E-state index in [1.165, 1.54) is 16.8 Å². The molecule has 2 rings (SSSR count). The number of aromatic amines is 1. The van der Waals surface area contributed by atoms with Crippen LogP contribution in [0.1, 0.15) is 19.3 Å². The van der Waals surface area contributed by atoms with Gasteiger partial charge in [0.05, 0.1) is 25.4 Å². The first-order valence-electron chi connectivity index (χ1n) is 6.34. The van der Waals surface area contributed by atoms with Crippen molar-refractivity contribution in [2.45, 2.75) is 44.1 Å². The monoisotopic (exact) mass is 270 g/mol. The fourth-order valence-electron chi connectivity index (χ4n) is 2.23. The topological polar surface area (TPSA) is 105 Å². The van der Waals surface area contributed by atoms with Gasteiger partial charge in [-0.1, -0.05) is 0 Å². The van der Waals surface area contributed by atoms with Crippen molar-refractivity contribution in [1.82, 2.24) is 9.55 Å². The van der Waals surface area contributed by atoms with Gasteiger partial charge in [-0.15, -0.1) is 0 Å². The first-order valence-corrected chi connectivity index (χ1v) is 6.34. The number of hydrogen-bond donors (Lipinski definition) is 3. The lowest BCUT2D eigenvalue weighted by Gasteiger charge is -2.24. The van der Waals surface area contributed by atoms with Crippen LogP contribution < -0.4 is 11.2 Å². The molecule has 1 aromatic heterocycles. The van der Waals surface area contributed by atoms with E-state index < -0.39 is 23.5 Å². The maximum absolute atomic E-state index is 11.6. The van der Waals surface area contributed by atoms with E-state index in [2.05, 4.69) is 4.98 Å². The third-order valence-electron chi connectivity index (χ3n) is 3.30. The molecule has 0 bridgehead atoms. The number of aliphatic hydroxyl groups is 2. The summed E-state index contributed by atoms with van der Waals surface area (Å²) in [5.74, 6) is 0. The summed E-state index contributed by atoms with van der Waals surface area (Å²) < 4.78 is 6.90. The zero-order chi connectivity index (χ0) is 13.8. The second kappa shape index (κ2) is 6.14. The maximum atomic E-state index is 11.6. The number of nitrogens with one attached hydrogen (secondary N) is 1. The van der Waals surface area contributed by atoms with E-state index in [4.69, 9.17) is 9.84 Å². The Balaban J connectivity index is 2.14. The van der Waals surface area contributed by atoms with Gasteiger partial charge in [0.15, 0.2) is 0 Å². The van der Waals surface area contributed by atoms with Gasteiger partial charge in [0.25, 0.3) is 5.56 Å². The molecule has 1 fully saturated rings. The standard InChI is InChI=1S/C12H18N2O5/c15-7-8-2-1-3-9(16)10(19-8)6-14-5-4-11(17)13-12(14)18/h4-5,8-10,15-16H,1-3,6-7H2,(H,13,17,18)/t8-,9?,10-/m0/s1. The van der Waals surface area contributed by atoms with Crippen LogP contribution in [0, 0.1) is 0 Å². The summed E-state index contributed by atoms with van der Waals surface area (Å²) in [5, 5.41) is 19.1. The molecule has 0 radical (unpaired) electrons. The molecule has 7 nitrogen and oxygen atoms in total. The highest BCUT2D eigenvalue weighted by Crippen LogP contribution is 2.19. The fourth-order valence-corrected chi connectivity index (χ4v) is 2.23. The van der Waals surface area contributed by atoms with Crippen molar-refractivity contribution < 1.29 is 14.9 Å². The van der Waals surface area contributed by atoms with Gasteiger partial charge in [-0.05, 0) is 19.3 Å². The first kappa shape index (κ1) is 14.0. The zero-order valence-electron chi connectivity index (χ0n) is 10.5. The van der Waals surface area contributed by atoms with Gasteiger partial charge >= 0.3 is 5.69 Å². The number of hydrogen-bond acceptors (Lipinski definition) is 5. The van der Waals surface area contributed by atoms with Crippen molar-refractivity contribution in [2.24, 2.45) is 0 Å². The quantitative estimate of drug-likeness (QED) is 0.642. The molecule has 0 amide bonds. The van der Waals surface area contributed by atoms with Crippen LogP contribution in [-0.2, 0) is 11.3 Å². The molecule has 1 aromatic rings. The normalized spacial score (nSPS) is 28.0. The fraction of sp³-hybridized carbons (Fsp3) is 0.667. The van der Waals surface area contributed by atoms with Crippen LogP contribution in [0.4, 0.5) is 0 Å². The number of nitrogens with zero attached hydrogens (tertiary/aromatic N) is 1. The molecule has 0 aromatic carbocycles. The van der Waals surface area contributed by atoms with E-state index in [1.54, 1.807) is 0 Å². The lowest BCUT2D eigenvalue weighted by atomic mass is 10.1. The van der Waals surface area contributed by atoms with Crippen molar-refractivity contribution >= 4 is 0 Å². The van der Waals surface area contributed by atoms with Crippen molar-refractivity contribution in [3.63, 3.8) is 0 Å². The minimum atomic E-state index is -0.685. The second-order valence-corrected chi connectivity index (χ2v) is 4.74. The third-order valence-corrected chi connectivity index (χ3v) is 3.30. The number of aliphatic hydroxyl groups excluding tert-OH is 2. The summed E-state index contributed by atoms with van der Waals surface area (Å²) in [6.07, 6.45) is 1.82. The molecular formula is C12H18N2O5. The predicted octanol–water partition coefficient (Wildman–Crippen LogP) is -1.17. The van der Waals surface area contributed by atoms with Crippen LogP contribution in [0.5, 0.6) is 0 Å². The van der Waals surface area contributed by atoms with E-state index in [1.807, 2.05) is 0 Å². The van der Waals surface area contributed by atoms with Crippen LogP contribution in [0.15, 0.2) is 21.9 Å². The summed E-state index contributed by atoms with van der Waals surface area (Å²) in [7, 11) is 0. The van der Waals surface area contributed by atoms with E-state index in [0.29, 0.717) is 12.8 Å². The second-order valence-electron chi connectivity index (χ2n) is 4.74. The average Bonchev–Trinajstić information content (AvgIpc) is 2.55. The molecule has 0 aliphatic carbocycles. The molecule has 1 aliphatic heterocycles. The summed E-state index contributed by atoms with van der Waals surface area (Å²) in [6, 6.07) is 1.24. The van der Waals surface area contributed by atoms with Crippen molar-refractivity contribution in [3.05, 3.63) is 33.1 Å². The molecule has 1 saturated heterocycles. The molecule has 1 aliphatic rings. The number of H-pyrrole nitrogens is 1. The van der Waals surface area contributed by atoms with Crippen molar-refractivity contribution in [2.75, 3.05) is 6.61 Å². The van der Waals surface area contributed by atoms with E-state index >= 15 is 0 Å². The molecular weight excluding hydrogens is 252 g/mol. The van der Waals surface area contributed by atoms with Crippen molar-refractivity contribution in [3.8, 4) is 0 Å². The molecule has 0 spiro atoms. The molecule has 7 heteroatoms. The van der Waals surface area contributed by atoms with Crippen LogP contribution in [0.3, 0.4) is 0 Å². The molecule has 3 N–H and O–H groups in total. The SMILES string of the molecule is O=c1ccn(C[C@@H]2O[C@H](CO)CCCC2O)c(=O)[nH]1. The van der Waals surface area contributed by atoms with Crippen LogP contribution in [0.25, 0.3) is 0 Å². The smallest absolute Gasteiger partial charge is 0.328 e. The lowest BCUT2D eigenvalue weighted by Crippen LogP contribution is -2.39.